The van der Waals surface area contributed by atoms with Crippen molar-refractivity contribution in [2.75, 3.05) is 6.54 Å². The summed E-state index contributed by atoms with van der Waals surface area (Å²) in [5, 5.41) is 0. The fourth-order valence-electron chi connectivity index (χ4n) is 2.58. The number of urea groups is 1. The quantitative estimate of drug-likeness (QED) is 0.787. The van der Waals surface area contributed by atoms with E-state index in [9.17, 15) is 27.6 Å². The maximum atomic E-state index is 13.1. The molecule has 0 radical (unpaired) electrons. The van der Waals surface area contributed by atoms with Crippen LogP contribution in [0.5, 0.6) is 0 Å². The number of carbonyl (C=O) groups excluding carboxylic acids is 3. The number of amides is 4. The van der Waals surface area contributed by atoms with Gasteiger partial charge in [0.2, 0.25) is 0 Å². The minimum Gasteiger partial charge on any atom is -0.272 e. The molecule has 1 saturated heterocycles. The third-order valence-corrected chi connectivity index (χ3v) is 3.84. The van der Waals surface area contributed by atoms with E-state index in [4.69, 9.17) is 0 Å². The summed E-state index contributed by atoms with van der Waals surface area (Å²) in [6.07, 6.45) is -3.15. The molecule has 6 nitrogen and oxygen atoms in total. The Labute approximate surface area is 145 Å². The Morgan fingerprint density at radius 2 is 1.81 bits per heavy atom. The Morgan fingerprint density at radius 3 is 2.46 bits per heavy atom. The van der Waals surface area contributed by atoms with Crippen LogP contribution in [0.1, 0.15) is 21.5 Å². The molecule has 4 amide bonds. The molecule has 3 rings (SSSR count). The molecule has 1 aliphatic rings. The van der Waals surface area contributed by atoms with Crippen LogP contribution in [-0.4, -0.2) is 39.2 Å². The van der Waals surface area contributed by atoms with Crippen molar-refractivity contribution in [3.63, 3.8) is 0 Å². The predicted molar refractivity (Wildman–Crippen MR) is 82.7 cm³/mol. The van der Waals surface area contributed by atoms with E-state index >= 15 is 0 Å². The van der Waals surface area contributed by atoms with Gasteiger partial charge < -0.3 is 0 Å². The van der Waals surface area contributed by atoms with Gasteiger partial charge in [-0.2, -0.15) is 13.2 Å². The number of hydrogen-bond acceptors (Lipinski definition) is 4. The van der Waals surface area contributed by atoms with Crippen LogP contribution in [0, 0.1) is 0 Å². The monoisotopic (exact) mass is 363 g/mol. The number of rotatable bonds is 3. The highest BCUT2D eigenvalue weighted by atomic mass is 19.4. The molecule has 0 unspecified atom stereocenters. The standard InChI is InChI=1S/C17H12F3N3O3/c18-17(19,20)13-6-7-21-8-12(13)15(25)23-10-14(24)22(16(23)26)9-11-4-2-1-3-5-11/h1-8H,9-10H2. The van der Waals surface area contributed by atoms with Crippen molar-refractivity contribution in [2.24, 2.45) is 0 Å². The summed E-state index contributed by atoms with van der Waals surface area (Å²) < 4.78 is 39.2. The first kappa shape index (κ1) is 17.6. The van der Waals surface area contributed by atoms with Crippen molar-refractivity contribution in [2.45, 2.75) is 12.7 Å². The molecule has 0 N–H and O–H groups in total. The number of halogens is 3. The second-order valence-electron chi connectivity index (χ2n) is 5.56. The summed E-state index contributed by atoms with van der Waals surface area (Å²) in [6.45, 7) is -0.682. The van der Waals surface area contributed by atoms with Crippen molar-refractivity contribution in [3.05, 3.63) is 65.5 Å². The number of carbonyl (C=O) groups is 3. The van der Waals surface area contributed by atoms with Crippen LogP contribution in [-0.2, 0) is 17.5 Å². The van der Waals surface area contributed by atoms with Crippen LogP contribution in [0.15, 0.2) is 48.8 Å². The van der Waals surface area contributed by atoms with E-state index in [0.29, 0.717) is 16.5 Å². The van der Waals surface area contributed by atoms with Gasteiger partial charge in [-0.05, 0) is 11.6 Å². The first-order chi connectivity index (χ1) is 12.3. The Hall–Kier alpha value is -3.23. The van der Waals surface area contributed by atoms with Gasteiger partial charge in [0.05, 0.1) is 17.7 Å². The van der Waals surface area contributed by atoms with Crippen LogP contribution in [0.3, 0.4) is 0 Å². The van der Waals surface area contributed by atoms with E-state index < -0.39 is 41.7 Å². The van der Waals surface area contributed by atoms with Crippen molar-refractivity contribution >= 4 is 17.8 Å². The molecule has 1 aromatic heterocycles. The zero-order valence-electron chi connectivity index (χ0n) is 13.2. The molecule has 26 heavy (non-hydrogen) atoms. The zero-order chi connectivity index (χ0) is 18.9. The van der Waals surface area contributed by atoms with Crippen LogP contribution < -0.4 is 0 Å². The second kappa shape index (κ2) is 6.58. The van der Waals surface area contributed by atoms with Gasteiger partial charge in [-0.3, -0.25) is 24.4 Å². The second-order valence-corrected chi connectivity index (χ2v) is 5.56. The Morgan fingerprint density at radius 1 is 1.12 bits per heavy atom. The Kier molecular flexibility index (Phi) is 4.45. The lowest BCUT2D eigenvalue weighted by molar-refractivity contribution is -0.138. The summed E-state index contributed by atoms with van der Waals surface area (Å²) in [4.78, 5) is 41.8. The van der Waals surface area contributed by atoms with E-state index in [-0.39, 0.29) is 6.54 Å². The molecule has 0 spiro atoms. The molecule has 2 heterocycles. The summed E-state index contributed by atoms with van der Waals surface area (Å²) in [7, 11) is 0. The van der Waals surface area contributed by atoms with Gasteiger partial charge in [0, 0.05) is 12.4 Å². The zero-order valence-corrected chi connectivity index (χ0v) is 13.2. The van der Waals surface area contributed by atoms with Gasteiger partial charge in [0.1, 0.15) is 6.54 Å². The summed E-state index contributed by atoms with van der Waals surface area (Å²) in [6, 6.07) is 8.26. The molecule has 0 saturated carbocycles. The molecule has 0 bridgehead atoms. The summed E-state index contributed by atoms with van der Waals surface area (Å²) in [5.74, 6) is -1.87. The highest BCUT2D eigenvalue weighted by Crippen LogP contribution is 2.32. The van der Waals surface area contributed by atoms with Crippen molar-refractivity contribution in [3.8, 4) is 0 Å². The minimum atomic E-state index is -4.79. The Balaban J connectivity index is 1.86. The van der Waals surface area contributed by atoms with Crippen LogP contribution in [0.2, 0.25) is 0 Å². The minimum absolute atomic E-state index is 0.0680. The highest BCUT2D eigenvalue weighted by Gasteiger charge is 2.43. The van der Waals surface area contributed by atoms with Gasteiger partial charge in [0.15, 0.2) is 0 Å². The molecule has 0 aliphatic carbocycles. The smallest absolute Gasteiger partial charge is 0.272 e. The predicted octanol–water partition coefficient (Wildman–Crippen LogP) is 2.71. The van der Waals surface area contributed by atoms with Crippen molar-refractivity contribution < 1.29 is 27.6 Å². The average molecular weight is 363 g/mol. The lowest BCUT2D eigenvalue weighted by atomic mass is 10.1. The lowest BCUT2D eigenvalue weighted by Gasteiger charge is -2.18. The number of pyridine rings is 1. The topological polar surface area (TPSA) is 70.6 Å². The normalized spacial score (nSPS) is 14.9. The van der Waals surface area contributed by atoms with Crippen molar-refractivity contribution in [1.82, 2.24) is 14.8 Å². The van der Waals surface area contributed by atoms with E-state index in [0.717, 1.165) is 17.3 Å². The average Bonchev–Trinajstić information content (AvgIpc) is 2.89. The van der Waals surface area contributed by atoms with Gasteiger partial charge in [-0.1, -0.05) is 30.3 Å². The first-order valence-electron chi connectivity index (χ1n) is 7.50. The largest absolute Gasteiger partial charge is 0.417 e. The van der Waals surface area contributed by atoms with Gasteiger partial charge in [-0.25, -0.2) is 4.79 Å². The van der Waals surface area contributed by atoms with Crippen molar-refractivity contribution in [1.29, 1.82) is 0 Å². The number of imide groups is 2. The van der Waals surface area contributed by atoms with E-state index in [1.807, 2.05) is 0 Å². The van der Waals surface area contributed by atoms with E-state index in [2.05, 4.69) is 4.98 Å². The third kappa shape index (κ3) is 3.28. The van der Waals surface area contributed by atoms with Crippen LogP contribution in [0.25, 0.3) is 0 Å². The molecular formula is C17H12F3N3O3. The molecule has 2 aromatic rings. The fraction of sp³-hybridized carbons (Fsp3) is 0.176. The molecular weight excluding hydrogens is 351 g/mol. The molecule has 0 atom stereocenters. The Bertz CT molecular complexity index is 868. The number of alkyl halides is 3. The maximum Gasteiger partial charge on any atom is 0.417 e. The molecule has 134 valence electrons. The van der Waals surface area contributed by atoms with Gasteiger partial charge in [0.25, 0.3) is 11.8 Å². The molecule has 1 aromatic carbocycles. The number of hydrogen-bond donors (Lipinski definition) is 0. The van der Waals surface area contributed by atoms with E-state index in [1.54, 1.807) is 30.3 Å². The summed E-state index contributed by atoms with van der Waals surface area (Å²) >= 11 is 0. The van der Waals surface area contributed by atoms with Crippen LogP contribution in [0.4, 0.5) is 18.0 Å². The maximum absolute atomic E-state index is 13.1. The third-order valence-electron chi connectivity index (χ3n) is 3.84. The van der Waals surface area contributed by atoms with Gasteiger partial charge >= 0.3 is 12.2 Å². The molecule has 1 fully saturated rings. The lowest BCUT2D eigenvalue weighted by Crippen LogP contribution is -2.37. The highest BCUT2D eigenvalue weighted by molar-refractivity contribution is 6.14. The number of aromatic nitrogens is 1. The fourth-order valence-corrected chi connectivity index (χ4v) is 2.58. The summed E-state index contributed by atoms with van der Waals surface area (Å²) in [5.41, 5.74) is -1.33. The SMILES string of the molecule is O=C1CN(C(=O)c2cnccc2C(F)(F)F)C(=O)N1Cc1ccccc1. The number of nitrogens with zero attached hydrogens (tertiary/aromatic N) is 3. The van der Waals surface area contributed by atoms with Crippen LogP contribution >= 0.6 is 0 Å². The van der Waals surface area contributed by atoms with Gasteiger partial charge in [-0.15, -0.1) is 0 Å². The number of benzene rings is 1. The molecule has 9 heteroatoms. The molecule has 1 aliphatic heterocycles. The first-order valence-corrected chi connectivity index (χ1v) is 7.50. The van der Waals surface area contributed by atoms with E-state index in [1.165, 1.54) is 0 Å².